The molecule has 7 heteroatoms. The van der Waals surface area contributed by atoms with Crippen molar-refractivity contribution < 1.29 is 9.52 Å². The van der Waals surface area contributed by atoms with Crippen molar-refractivity contribution in [3.8, 4) is 0 Å². The van der Waals surface area contributed by atoms with Crippen LogP contribution in [0.25, 0.3) is 0 Å². The van der Waals surface area contributed by atoms with Crippen molar-refractivity contribution in [2.45, 2.75) is 35.5 Å². The van der Waals surface area contributed by atoms with Gasteiger partial charge in [-0.1, -0.05) is 18.2 Å². The van der Waals surface area contributed by atoms with Crippen LogP contribution < -0.4 is 10.6 Å². The van der Waals surface area contributed by atoms with Gasteiger partial charge in [0, 0.05) is 16.2 Å². The topological polar surface area (TPSA) is 69.8 Å². The first-order valence-electron chi connectivity index (χ1n) is 8.68. The standard InChI is InChI=1S/C19H25N3O2S.HI/c1-2-20-18(21-13-16(23)17-9-6-12-24-17)22-14-19(10-11-19)25-15-7-4-3-5-8-15;/h3-9,12,16,23H,2,10-11,13-14H2,1H3,(H2,20,21,22);1H. The summed E-state index contributed by atoms with van der Waals surface area (Å²) in [5.74, 6) is 1.29. The van der Waals surface area contributed by atoms with Crippen LogP contribution in [0, 0.1) is 0 Å². The van der Waals surface area contributed by atoms with Crippen LogP contribution in [0.5, 0.6) is 0 Å². The fourth-order valence-corrected chi connectivity index (χ4v) is 3.74. The summed E-state index contributed by atoms with van der Waals surface area (Å²) in [6.07, 6.45) is 3.25. The van der Waals surface area contributed by atoms with Crippen LogP contribution in [0.3, 0.4) is 0 Å². The minimum atomic E-state index is -0.688. The first kappa shape index (κ1) is 21.1. The molecule has 0 bridgehead atoms. The number of halogens is 1. The van der Waals surface area contributed by atoms with Crippen molar-refractivity contribution in [1.82, 2.24) is 10.6 Å². The number of furan rings is 1. The minimum absolute atomic E-state index is 0. The Morgan fingerprint density at radius 3 is 2.62 bits per heavy atom. The SMILES string of the molecule is CCNC(=NCC1(Sc2ccccc2)CC1)NCC(O)c1ccco1.I. The maximum atomic E-state index is 10.1. The fourth-order valence-electron chi connectivity index (χ4n) is 2.51. The largest absolute Gasteiger partial charge is 0.467 e. The van der Waals surface area contributed by atoms with Crippen LogP contribution in [0.1, 0.15) is 31.6 Å². The molecule has 0 saturated heterocycles. The highest BCUT2D eigenvalue weighted by Gasteiger charge is 2.43. The summed E-state index contributed by atoms with van der Waals surface area (Å²) in [6.45, 7) is 3.93. The van der Waals surface area contributed by atoms with E-state index in [4.69, 9.17) is 9.41 Å². The van der Waals surface area contributed by atoms with E-state index >= 15 is 0 Å². The number of guanidine groups is 1. The molecule has 0 radical (unpaired) electrons. The third kappa shape index (κ3) is 6.21. The monoisotopic (exact) mass is 487 g/mol. The molecule has 0 aliphatic heterocycles. The highest BCUT2D eigenvalue weighted by molar-refractivity contribution is 14.0. The predicted molar refractivity (Wildman–Crippen MR) is 117 cm³/mol. The molecule has 1 aromatic carbocycles. The Balaban J connectivity index is 0.00000243. The number of benzene rings is 1. The summed E-state index contributed by atoms with van der Waals surface area (Å²) in [5.41, 5.74) is 0. The molecule has 3 rings (SSSR count). The zero-order valence-corrected chi connectivity index (χ0v) is 18.0. The van der Waals surface area contributed by atoms with Gasteiger partial charge in [-0.15, -0.1) is 35.7 Å². The number of nitrogens with one attached hydrogen (secondary N) is 2. The number of aliphatic hydroxyl groups is 1. The summed E-state index contributed by atoms with van der Waals surface area (Å²) in [7, 11) is 0. The molecular weight excluding hydrogens is 461 g/mol. The quantitative estimate of drug-likeness (QED) is 0.300. The van der Waals surface area contributed by atoms with Gasteiger partial charge in [-0.2, -0.15) is 0 Å². The predicted octanol–water partition coefficient (Wildman–Crippen LogP) is 3.81. The maximum Gasteiger partial charge on any atom is 0.191 e. The van der Waals surface area contributed by atoms with Crippen molar-refractivity contribution in [2.75, 3.05) is 19.6 Å². The summed E-state index contributed by atoms with van der Waals surface area (Å²) in [5, 5.41) is 16.5. The normalized spacial score (nSPS) is 16.5. The van der Waals surface area contributed by atoms with E-state index in [1.165, 1.54) is 17.7 Å². The van der Waals surface area contributed by atoms with Crippen molar-refractivity contribution in [1.29, 1.82) is 0 Å². The van der Waals surface area contributed by atoms with Gasteiger partial charge in [0.05, 0.1) is 19.4 Å². The molecular formula is C19H26IN3O2S. The average Bonchev–Trinajstić information content (AvgIpc) is 3.17. The molecule has 3 N–H and O–H groups in total. The first-order chi connectivity index (χ1) is 12.2. The van der Waals surface area contributed by atoms with Crippen LogP contribution in [0.15, 0.2) is 63.0 Å². The number of rotatable bonds is 8. The highest BCUT2D eigenvalue weighted by Crippen LogP contribution is 2.51. The van der Waals surface area contributed by atoms with E-state index in [9.17, 15) is 5.11 Å². The number of hydrogen-bond acceptors (Lipinski definition) is 4. The van der Waals surface area contributed by atoms with Gasteiger partial charge in [0.1, 0.15) is 11.9 Å². The van der Waals surface area contributed by atoms with Gasteiger partial charge >= 0.3 is 0 Å². The zero-order valence-electron chi connectivity index (χ0n) is 14.9. The fraction of sp³-hybridized carbons (Fsp3) is 0.421. The summed E-state index contributed by atoms with van der Waals surface area (Å²) in [6, 6.07) is 14.0. The first-order valence-corrected chi connectivity index (χ1v) is 9.50. The minimum Gasteiger partial charge on any atom is -0.467 e. The van der Waals surface area contributed by atoms with Crippen molar-refractivity contribution in [3.63, 3.8) is 0 Å². The summed E-state index contributed by atoms with van der Waals surface area (Å²) >= 11 is 1.91. The van der Waals surface area contributed by atoms with Gasteiger partial charge in [0.15, 0.2) is 5.96 Å². The van der Waals surface area contributed by atoms with Crippen molar-refractivity contribution >= 4 is 41.7 Å². The third-order valence-corrected chi connectivity index (χ3v) is 5.57. The lowest BCUT2D eigenvalue weighted by molar-refractivity contribution is 0.153. The molecule has 142 valence electrons. The highest BCUT2D eigenvalue weighted by atomic mass is 127. The third-order valence-electron chi connectivity index (χ3n) is 4.09. The van der Waals surface area contributed by atoms with Gasteiger partial charge in [0.2, 0.25) is 0 Å². The van der Waals surface area contributed by atoms with Crippen LogP contribution >= 0.6 is 35.7 Å². The maximum absolute atomic E-state index is 10.1. The Labute approximate surface area is 176 Å². The smallest absolute Gasteiger partial charge is 0.191 e. The van der Waals surface area contributed by atoms with E-state index in [0.717, 1.165) is 19.0 Å². The van der Waals surface area contributed by atoms with Crippen LogP contribution in [-0.2, 0) is 0 Å². The molecule has 1 atom stereocenters. The molecule has 26 heavy (non-hydrogen) atoms. The lowest BCUT2D eigenvalue weighted by Gasteiger charge is -2.16. The molecule has 0 spiro atoms. The lowest BCUT2D eigenvalue weighted by Crippen LogP contribution is -2.40. The molecule has 1 saturated carbocycles. The Morgan fingerprint density at radius 2 is 2.00 bits per heavy atom. The zero-order chi connectivity index (χ0) is 17.5. The number of nitrogens with zero attached hydrogens (tertiary/aromatic N) is 1. The van der Waals surface area contributed by atoms with Gasteiger partial charge in [0.25, 0.3) is 0 Å². The molecule has 1 aromatic heterocycles. The van der Waals surface area contributed by atoms with E-state index in [-0.39, 0.29) is 28.7 Å². The number of aliphatic hydroxyl groups excluding tert-OH is 1. The van der Waals surface area contributed by atoms with Gasteiger partial charge < -0.3 is 20.2 Å². The van der Waals surface area contributed by atoms with Gasteiger partial charge in [-0.05, 0) is 44.0 Å². The van der Waals surface area contributed by atoms with Crippen LogP contribution in [0.2, 0.25) is 0 Å². The Hall–Kier alpha value is -1.19. The van der Waals surface area contributed by atoms with E-state index in [2.05, 4.69) is 34.9 Å². The van der Waals surface area contributed by atoms with E-state index in [1.807, 2.05) is 24.8 Å². The Morgan fingerprint density at radius 1 is 1.23 bits per heavy atom. The van der Waals surface area contributed by atoms with E-state index < -0.39 is 6.10 Å². The van der Waals surface area contributed by atoms with E-state index in [0.29, 0.717) is 12.3 Å². The van der Waals surface area contributed by atoms with Crippen LogP contribution in [-0.4, -0.2) is 35.4 Å². The van der Waals surface area contributed by atoms with E-state index in [1.54, 1.807) is 18.4 Å². The summed E-state index contributed by atoms with van der Waals surface area (Å²) < 4.78 is 5.44. The van der Waals surface area contributed by atoms with Crippen LogP contribution in [0.4, 0.5) is 0 Å². The molecule has 0 amide bonds. The van der Waals surface area contributed by atoms with Gasteiger partial charge in [-0.3, -0.25) is 4.99 Å². The lowest BCUT2D eigenvalue weighted by atomic mass is 10.3. The molecule has 1 heterocycles. The number of hydrogen-bond donors (Lipinski definition) is 3. The number of thioether (sulfide) groups is 1. The molecule has 1 aliphatic rings. The number of aliphatic imine (C=N–C) groups is 1. The molecule has 1 aliphatic carbocycles. The molecule has 1 unspecified atom stereocenters. The Kier molecular flexibility index (Phi) is 8.30. The molecule has 1 fully saturated rings. The molecule has 2 aromatic rings. The van der Waals surface area contributed by atoms with Gasteiger partial charge in [-0.25, -0.2) is 0 Å². The van der Waals surface area contributed by atoms with Crippen molar-refractivity contribution in [2.24, 2.45) is 4.99 Å². The second-order valence-corrected chi connectivity index (χ2v) is 7.75. The molecule has 5 nitrogen and oxygen atoms in total. The average molecular weight is 487 g/mol. The van der Waals surface area contributed by atoms with Crippen molar-refractivity contribution in [3.05, 3.63) is 54.5 Å². The second kappa shape index (κ2) is 10.2. The second-order valence-electron chi connectivity index (χ2n) is 6.21. The Bertz CT molecular complexity index is 675. The summed E-state index contributed by atoms with van der Waals surface area (Å²) in [4.78, 5) is 6.02.